The molecule has 0 fully saturated rings. The van der Waals surface area contributed by atoms with E-state index in [9.17, 15) is 0 Å². The van der Waals surface area contributed by atoms with Gasteiger partial charge < -0.3 is 5.11 Å². The fraction of sp³-hybridized carbons (Fsp3) is 0.538. The summed E-state index contributed by atoms with van der Waals surface area (Å²) < 4.78 is 0. The van der Waals surface area contributed by atoms with Gasteiger partial charge in [-0.05, 0) is 31.9 Å². The van der Waals surface area contributed by atoms with Crippen LogP contribution in [0.2, 0.25) is 0 Å². The van der Waals surface area contributed by atoms with Crippen molar-refractivity contribution in [3.05, 3.63) is 35.5 Å². The van der Waals surface area contributed by atoms with E-state index in [1.807, 2.05) is 26.8 Å². The zero-order valence-corrected chi connectivity index (χ0v) is 10.0. The molecule has 0 unspecified atom stereocenters. The first-order valence-corrected chi connectivity index (χ1v) is 4.97. The summed E-state index contributed by atoms with van der Waals surface area (Å²) in [6.07, 6.45) is 4.12. The molecule has 0 heterocycles. The Bertz CT molecular complexity index is 267. The van der Waals surface area contributed by atoms with Crippen LogP contribution < -0.4 is 0 Å². The third-order valence-electron chi connectivity index (χ3n) is 2.71. The standard InChI is InChI=1S/C13H22O/c1-7-10(2)11(3)8-12(4)13(5,6)9-14/h7-8,14H,4,9H2,1-3,5-6H3/b10-7-,11-8-. The first-order chi connectivity index (χ1) is 6.35. The summed E-state index contributed by atoms with van der Waals surface area (Å²) in [7, 11) is 0. The molecule has 1 heteroatoms. The molecule has 0 aromatic carbocycles. The summed E-state index contributed by atoms with van der Waals surface area (Å²) in [5.74, 6) is 0. The average Bonchev–Trinajstić information content (AvgIpc) is 2.16. The zero-order chi connectivity index (χ0) is 11.4. The number of allylic oxidation sites excluding steroid dienone is 4. The van der Waals surface area contributed by atoms with E-state index < -0.39 is 0 Å². The van der Waals surface area contributed by atoms with Crippen molar-refractivity contribution in [2.45, 2.75) is 34.6 Å². The number of aliphatic hydroxyl groups excluding tert-OH is 1. The molecule has 0 aliphatic rings. The quantitative estimate of drug-likeness (QED) is 0.679. The van der Waals surface area contributed by atoms with Crippen LogP contribution in [0.4, 0.5) is 0 Å². The van der Waals surface area contributed by atoms with Crippen molar-refractivity contribution in [1.29, 1.82) is 0 Å². The number of rotatable bonds is 4. The lowest BCUT2D eigenvalue weighted by molar-refractivity contribution is 0.193. The van der Waals surface area contributed by atoms with Gasteiger partial charge in [0.15, 0.2) is 0 Å². The highest BCUT2D eigenvalue weighted by Crippen LogP contribution is 2.26. The molecule has 0 radical (unpaired) electrons. The Morgan fingerprint density at radius 2 is 1.79 bits per heavy atom. The van der Waals surface area contributed by atoms with Gasteiger partial charge in [0.2, 0.25) is 0 Å². The fourth-order valence-electron chi connectivity index (χ4n) is 0.900. The van der Waals surface area contributed by atoms with E-state index in [0.29, 0.717) is 0 Å². The second-order valence-electron chi connectivity index (χ2n) is 4.37. The Hall–Kier alpha value is -0.820. The van der Waals surface area contributed by atoms with Crippen LogP contribution in [0.15, 0.2) is 35.5 Å². The van der Waals surface area contributed by atoms with Crippen molar-refractivity contribution in [3.8, 4) is 0 Å². The van der Waals surface area contributed by atoms with Gasteiger partial charge in [-0.15, -0.1) is 0 Å². The number of hydrogen-bond acceptors (Lipinski definition) is 1. The van der Waals surface area contributed by atoms with Crippen LogP contribution >= 0.6 is 0 Å². The van der Waals surface area contributed by atoms with E-state index >= 15 is 0 Å². The Balaban J connectivity index is 4.76. The van der Waals surface area contributed by atoms with Crippen LogP contribution in [0.3, 0.4) is 0 Å². The van der Waals surface area contributed by atoms with Gasteiger partial charge in [-0.2, -0.15) is 0 Å². The monoisotopic (exact) mass is 194 g/mol. The van der Waals surface area contributed by atoms with Crippen molar-refractivity contribution >= 4 is 0 Å². The van der Waals surface area contributed by atoms with Gasteiger partial charge >= 0.3 is 0 Å². The van der Waals surface area contributed by atoms with Crippen LogP contribution in [0.5, 0.6) is 0 Å². The Labute approximate surface area is 87.8 Å². The highest BCUT2D eigenvalue weighted by molar-refractivity contribution is 5.35. The molecule has 0 spiro atoms. The largest absolute Gasteiger partial charge is 0.395 e. The van der Waals surface area contributed by atoms with Gasteiger partial charge in [-0.1, -0.05) is 38.2 Å². The predicted molar refractivity (Wildman–Crippen MR) is 63.2 cm³/mol. The predicted octanol–water partition coefficient (Wildman–Crippen LogP) is 3.47. The zero-order valence-electron chi connectivity index (χ0n) is 10.0. The summed E-state index contributed by atoms with van der Waals surface area (Å²) in [6.45, 7) is 14.3. The minimum atomic E-state index is -0.227. The topological polar surface area (TPSA) is 20.2 Å². The van der Waals surface area contributed by atoms with Gasteiger partial charge in [0, 0.05) is 5.41 Å². The summed E-state index contributed by atoms with van der Waals surface area (Å²) >= 11 is 0. The minimum Gasteiger partial charge on any atom is -0.395 e. The molecule has 0 atom stereocenters. The van der Waals surface area contributed by atoms with Gasteiger partial charge in [-0.25, -0.2) is 0 Å². The lowest BCUT2D eigenvalue weighted by atomic mass is 9.84. The van der Waals surface area contributed by atoms with Crippen LogP contribution in [-0.2, 0) is 0 Å². The Morgan fingerprint density at radius 3 is 2.14 bits per heavy atom. The van der Waals surface area contributed by atoms with E-state index in [0.717, 1.165) is 5.57 Å². The fourth-order valence-corrected chi connectivity index (χ4v) is 0.900. The van der Waals surface area contributed by atoms with Crippen molar-refractivity contribution in [1.82, 2.24) is 0 Å². The first-order valence-electron chi connectivity index (χ1n) is 4.97. The SMILES string of the molecule is C=C(/C=C(C)\C(C)=C/C)C(C)(C)CO. The van der Waals surface area contributed by atoms with E-state index in [2.05, 4.69) is 26.5 Å². The molecule has 0 aliphatic carbocycles. The molecule has 0 bridgehead atoms. The van der Waals surface area contributed by atoms with Crippen molar-refractivity contribution in [3.63, 3.8) is 0 Å². The van der Waals surface area contributed by atoms with Gasteiger partial charge in [0.25, 0.3) is 0 Å². The normalized spacial score (nSPS) is 14.4. The van der Waals surface area contributed by atoms with Crippen molar-refractivity contribution in [2.24, 2.45) is 5.41 Å². The molecule has 0 amide bonds. The molecule has 0 rings (SSSR count). The lowest BCUT2D eigenvalue weighted by Gasteiger charge is -2.23. The number of aliphatic hydroxyl groups is 1. The second kappa shape index (κ2) is 5.16. The Kier molecular flexibility index (Phi) is 4.86. The molecule has 0 saturated heterocycles. The second-order valence-corrected chi connectivity index (χ2v) is 4.37. The number of hydrogen-bond donors (Lipinski definition) is 1. The lowest BCUT2D eigenvalue weighted by Crippen LogP contribution is -2.18. The molecular weight excluding hydrogens is 172 g/mol. The molecule has 1 N–H and O–H groups in total. The smallest absolute Gasteiger partial charge is 0.0522 e. The first kappa shape index (κ1) is 13.2. The molecule has 0 aromatic rings. The summed E-state index contributed by atoms with van der Waals surface area (Å²) in [6, 6.07) is 0. The maximum Gasteiger partial charge on any atom is 0.0522 e. The molecule has 0 aromatic heterocycles. The highest BCUT2D eigenvalue weighted by Gasteiger charge is 2.18. The third-order valence-corrected chi connectivity index (χ3v) is 2.71. The van der Waals surface area contributed by atoms with Crippen LogP contribution in [-0.4, -0.2) is 11.7 Å². The molecule has 0 aliphatic heterocycles. The summed E-state index contributed by atoms with van der Waals surface area (Å²) in [5, 5.41) is 9.17. The highest BCUT2D eigenvalue weighted by atomic mass is 16.3. The van der Waals surface area contributed by atoms with Crippen molar-refractivity contribution in [2.75, 3.05) is 6.61 Å². The van der Waals surface area contributed by atoms with Crippen LogP contribution in [0.1, 0.15) is 34.6 Å². The van der Waals surface area contributed by atoms with E-state index in [1.54, 1.807) is 0 Å². The molecular formula is C13H22O. The molecule has 1 nitrogen and oxygen atoms in total. The maximum absolute atomic E-state index is 9.17. The third kappa shape index (κ3) is 3.51. The Morgan fingerprint density at radius 1 is 1.29 bits per heavy atom. The summed E-state index contributed by atoms with van der Waals surface area (Å²) in [4.78, 5) is 0. The minimum absolute atomic E-state index is 0.129. The van der Waals surface area contributed by atoms with Crippen molar-refractivity contribution < 1.29 is 5.11 Å². The maximum atomic E-state index is 9.17. The van der Waals surface area contributed by atoms with Gasteiger partial charge in [0.1, 0.15) is 0 Å². The van der Waals surface area contributed by atoms with E-state index in [-0.39, 0.29) is 12.0 Å². The average molecular weight is 194 g/mol. The van der Waals surface area contributed by atoms with E-state index in [4.69, 9.17) is 5.11 Å². The molecule has 14 heavy (non-hydrogen) atoms. The van der Waals surface area contributed by atoms with Crippen LogP contribution in [0.25, 0.3) is 0 Å². The van der Waals surface area contributed by atoms with Gasteiger partial charge in [0.05, 0.1) is 6.61 Å². The van der Waals surface area contributed by atoms with Crippen LogP contribution in [0, 0.1) is 5.41 Å². The summed E-state index contributed by atoms with van der Waals surface area (Å²) in [5.41, 5.74) is 3.20. The van der Waals surface area contributed by atoms with Gasteiger partial charge in [-0.3, -0.25) is 0 Å². The van der Waals surface area contributed by atoms with E-state index in [1.165, 1.54) is 11.1 Å². The molecule has 0 saturated carbocycles. The molecule has 80 valence electrons.